The molecule has 0 bridgehead atoms. The lowest BCUT2D eigenvalue weighted by molar-refractivity contribution is 0.0696. The summed E-state index contributed by atoms with van der Waals surface area (Å²) in [6, 6.07) is 18.3. The van der Waals surface area contributed by atoms with Crippen molar-refractivity contribution >= 4 is 33.3 Å². The van der Waals surface area contributed by atoms with E-state index in [-0.39, 0.29) is 21.7 Å². The fourth-order valence-corrected chi connectivity index (χ4v) is 3.64. The van der Waals surface area contributed by atoms with E-state index < -0.39 is 21.9 Å². The molecule has 3 rings (SSSR count). The number of aromatic carboxylic acids is 1. The third-order valence-electron chi connectivity index (χ3n) is 4.08. The van der Waals surface area contributed by atoms with Gasteiger partial charge in [-0.25, -0.2) is 13.2 Å². The van der Waals surface area contributed by atoms with E-state index in [2.05, 4.69) is 10.0 Å². The van der Waals surface area contributed by atoms with Crippen molar-refractivity contribution in [2.24, 2.45) is 0 Å². The number of carboxylic acids is 1. The largest absolute Gasteiger partial charge is 0.478 e. The number of rotatable bonds is 6. The molecule has 0 aliphatic carbocycles. The highest BCUT2D eigenvalue weighted by molar-refractivity contribution is 7.92. The molecular weight excluding hydrogens is 392 g/mol. The van der Waals surface area contributed by atoms with Crippen LogP contribution >= 0.6 is 0 Å². The maximum absolute atomic E-state index is 12.5. The van der Waals surface area contributed by atoms with E-state index in [0.717, 1.165) is 5.56 Å². The van der Waals surface area contributed by atoms with Crippen molar-refractivity contribution in [1.82, 2.24) is 0 Å². The van der Waals surface area contributed by atoms with Gasteiger partial charge in [-0.2, -0.15) is 0 Å². The van der Waals surface area contributed by atoms with Gasteiger partial charge in [-0.3, -0.25) is 9.52 Å². The summed E-state index contributed by atoms with van der Waals surface area (Å²) >= 11 is 0. The Morgan fingerprint density at radius 1 is 0.828 bits per heavy atom. The average Bonchev–Trinajstić information content (AvgIpc) is 2.68. The predicted octanol–water partition coefficient (Wildman–Crippen LogP) is 3.75. The van der Waals surface area contributed by atoms with Crippen molar-refractivity contribution in [1.29, 1.82) is 0 Å². The summed E-state index contributed by atoms with van der Waals surface area (Å²) in [5.41, 5.74) is 1.75. The Kier molecular flexibility index (Phi) is 5.65. The molecule has 3 aromatic rings. The van der Waals surface area contributed by atoms with Gasteiger partial charge in [0.1, 0.15) is 0 Å². The van der Waals surface area contributed by atoms with Gasteiger partial charge in [0.25, 0.3) is 15.9 Å². The summed E-state index contributed by atoms with van der Waals surface area (Å²) in [4.78, 5) is 23.6. The summed E-state index contributed by atoms with van der Waals surface area (Å²) in [7, 11) is -3.79. The molecule has 0 fully saturated rings. The third-order valence-corrected chi connectivity index (χ3v) is 5.47. The minimum absolute atomic E-state index is 0.0439. The van der Waals surface area contributed by atoms with Crippen molar-refractivity contribution in [3.8, 4) is 0 Å². The maximum Gasteiger partial charge on any atom is 0.335 e. The highest BCUT2D eigenvalue weighted by atomic mass is 32.2. The van der Waals surface area contributed by atoms with Crippen LogP contribution in [0.2, 0.25) is 0 Å². The molecule has 0 unspecified atom stereocenters. The second kappa shape index (κ2) is 8.15. The van der Waals surface area contributed by atoms with Crippen LogP contribution in [0.4, 0.5) is 11.4 Å². The molecule has 7 nitrogen and oxygen atoms in total. The standard InChI is InChI=1S/C21H18N2O5S/c1-14-8-10-19(11-9-14)29(27,28)23-18-7-2-4-15(12-18)20(24)22-17-6-3-5-16(13-17)21(25)26/h2-13,23H,1H3,(H,22,24)(H,25,26). The highest BCUT2D eigenvalue weighted by Crippen LogP contribution is 2.19. The number of hydrogen-bond acceptors (Lipinski definition) is 4. The first-order valence-corrected chi connectivity index (χ1v) is 10.1. The number of sulfonamides is 1. The quantitative estimate of drug-likeness (QED) is 0.573. The van der Waals surface area contributed by atoms with Crippen LogP contribution in [0, 0.1) is 6.92 Å². The lowest BCUT2D eigenvalue weighted by Gasteiger charge is -2.10. The Morgan fingerprint density at radius 3 is 2.07 bits per heavy atom. The van der Waals surface area contributed by atoms with Gasteiger partial charge in [0.2, 0.25) is 0 Å². The molecule has 3 aromatic carbocycles. The number of carbonyl (C=O) groups is 2. The first-order valence-electron chi connectivity index (χ1n) is 8.59. The smallest absolute Gasteiger partial charge is 0.335 e. The maximum atomic E-state index is 12.5. The second-order valence-corrected chi connectivity index (χ2v) is 8.02. The molecule has 148 valence electrons. The molecule has 0 atom stereocenters. The first kappa shape index (κ1) is 20.1. The third kappa shape index (κ3) is 4.99. The lowest BCUT2D eigenvalue weighted by Crippen LogP contribution is -2.15. The molecule has 0 heterocycles. The summed E-state index contributed by atoms with van der Waals surface area (Å²) in [5, 5.41) is 11.6. The minimum Gasteiger partial charge on any atom is -0.478 e. The summed E-state index contributed by atoms with van der Waals surface area (Å²) < 4.78 is 27.5. The van der Waals surface area contributed by atoms with Gasteiger partial charge in [-0.1, -0.05) is 29.8 Å². The van der Waals surface area contributed by atoms with Crippen LogP contribution in [0.15, 0.2) is 77.7 Å². The van der Waals surface area contributed by atoms with Gasteiger partial charge in [-0.15, -0.1) is 0 Å². The molecule has 8 heteroatoms. The highest BCUT2D eigenvalue weighted by Gasteiger charge is 2.15. The number of amides is 1. The summed E-state index contributed by atoms with van der Waals surface area (Å²) in [6.07, 6.45) is 0. The first-order chi connectivity index (χ1) is 13.7. The number of hydrogen-bond donors (Lipinski definition) is 3. The normalized spacial score (nSPS) is 10.9. The Morgan fingerprint density at radius 2 is 1.41 bits per heavy atom. The molecule has 0 aliphatic heterocycles. The second-order valence-electron chi connectivity index (χ2n) is 6.34. The van der Waals surface area contributed by atoms with Crippen molar-refractivity contribution < 1.29 is 23.1 Å². The van der Waals surface area contributed by atoms with Crippen molar-refractivity contribution in [3.05, 3.63) is 89.5 Å². The van der Waals surface area contributed by atoms with E-state index in [9.17, 15) is 18.0 Å². The molecule has 0 spiro atoms. The zero-order valence-corrected chi connectivity index (χ0v) is 16.2. The minimum atomic E-state index is -3.79. The monoisotopic (exact) mass is 410 g/mol. The number of anilines is 2. The topological polar surface area (TPSA) is 113 Å². The predicted molar refractivity (Wildman–Crippen MR) is 110 cm³/mol. The van der Waals surface area contributed by atoms with E-state index in [1.807, 2.05) is 6.92 Å². The number of carbonyl (C=O) groups excluding carboxylic acids is 1. The zero-order chi connectivity index (χ0) is 21.0. The van der Waals surface area contributed by atoms with E-state index in [1.54, 1.807) is 24.3 Å². The molecule has 0 radical (unpaired) electrons. The van der Waals surface area contributed by atoms with E-state index >= 15 is 0 Å². The molecule has 3 N–H and O–H groups in total. The SMILES string of the molecule is Cc1ccc(S(=O)(=O)Nc2cccc(C(=O)Nc3cccc(C(=O)O)c3)c2)cc1. The Labute approximate surface area is 168 Å². The van der Waals surface area contributed by atoms with Gasteiger partial charge in [-0.05, 0) is 55.5 Å². The Hall–Kier alpha value is -3.65. The van der Waals surface area contributed by atoms with Crippen LogP contribution in [-0.2, 0) is 10.0 Å². The van der Waals surface area contributed by atoms with Crippen molar-refractivity contribution in [2.45, 2.75) is 11.8 Å². The van der Waals surface area contributed by atoms with E-state index in [4.69, 9.17) is 5.11 Å². The molecule has 29 heavy (non-hydrogen) atoms. The molecule has 1 amide bonds. The van der Waals surface area contributed by atoms with Crippen LogP contribution in [0.3, 0.4) is 0 Å². The fourth-order valence-electron chi connectivity index (χ4n) is 2.59. The van der Waals surface area contributed by atoms with Crippen LogP contribution in [0.1, 0.15) is 26.3 Å². The Balaban J connectivity index is 1.78. The van der Waals surface area contributed by atoms with E-state index in [1.165, 1.54) is 48.5 Å². The summed E-state index contributed by atoms with van der Waals surface area (Å²) in [6.45, 7) is 1.86. The molecule has 0 saturated heterocycles. The lowest BCUT2D eigenvalue weighted by atomic mass is 10.1. The molecular formula is C21H18N2O5S. The Bertz CT molecular complexity index is 1170. The average molecular weight is 410 g/mol. The fraction of sp³-hybridized carbons (Fsp3) is 0.0476. The summed E-state index contributed by atoms with van der Waals surface area (Å²) in [5.74, 6) is -1.60. The number of nitrogens with one attached hydrogen (secondary N) is 2. The number of carboxylic acid groups (broad SMARTS) is 1. The van der Waals surface area contributed by atoms with Gasteiger partial charge in [0.05, 0.1) is 10.5 Å². The number of aryl methyl sites for hydroxylation is 1. The van der Waals surface area contributed by atoms with Crippen LogP contribution in [0.25, 0.3) is 0 Å². The van der Waals surface area contributed by atoms with Crippen LogP contribution < -0.4 is 10.0 Å². The van der Waals surface area contributed by atoms with Gasteiger partial charge < -0.3 is 10.4 Å². The number of benzene rings is 3. The van der Waals surface area contributed by atoms with Crippen molar-refractivity contribution in [3.63, 3.8) is 0 Å². The molecule has 0 saturated carbocycles. The zero-order valence-electron chi connectivity index (χ0n) is 15.4. The molecule has 0 aromatic heterocycles. The van der Waals surface area contributed by atoms with Gasteiger partial charge >= 0.3 is 5.97 Å². The van der Waals surface area contributed by atoms with E-state index in [0.29, 0.717) is 5.69 Å². The van der Waals surface area contributed by atoms with Crippen LogP contribution in [0.5, 0.6) is 0 Å². The van der Waals surface area contributed by atoms with Gasteiger partial charge in [0, 0.05) is 16.9 Å². The van der Waals surface area contributed by atoms with Crippen LogP contribution in [-0.4, -0.2) is 25.4 Å². The van der Waals surface area contributed by atoms with Gasteiger partial charge in [0.15, 0.2) is 0 Å². The van der Waals surface area contributed by atoms with Crippen molar-refractivity contribution in [2.75, 3.05) is 10.0 Å². The molecule has 0 aliphatic rings.